The maximum Gasteiger partial charge on any atom is 0.315 e. The first-order valence-corrected chi connectivity index (χ1v) is 7.77. The minimum Gasteiger partial charge on any atom is -0.497 e. The normalized spacial score (nSPS) is 17.5. The van der Waals surface area contributed by atoms with Crippen molar-refractivity contribution in [3.05, 3.63) is 24.3 Å². The number of amides is 3. The number of carbonyl (C=O) groups excluding carboxylic acids is 2. The molecule has 0 spiro atoms. The van der Waals surface area contributed by atoms with E-state index in [0.29, 0.717) is 25.3 Å². The number of quaternary nitrogens is 1. The summed E-state index contributed by atoms with van der Waals surface area (Å²) in [5.74, 6) is 0.705. The average Bonchev–Trinajstić information content (AvgIpc) is 2.87. The van der Waals surface area contributed by atoms with Crippen molar-refractivity contribution in [3.8, 4) is 5.75 Å². The number of rotatable bonds is 6. The van der Waals surface area contributed by atoms with Gasteiger partial charge in [-0.25, -0.2) is 4.79 Å². The van der Waals surface area contributed by atoms with Crippen molar-refractivity contribution < 1.29 is 19.2 Å². The van der Waals surface area contributed by atoms with E-state index in [0.717, 1.165) is 12.2 Å². The Hall–Kier alpha value is -2.28. The molecule has 1 aliphatic heterocycles. The second-order valence-electron chi connectivity index (χ2n) is 5.96. The first kappa shape index (κ1) is 17.1. The number of nitrogens with one attached hydrogen (secondary N) is 3. The highest BCUT2D eigenvalue weighted by Crippen LogP contribution is 2.25. The fourth-order valence-electron chi connectivity index (χ4n) is 2.49. The zero-order chi connectivity index (χ0) is 16.8. The SMILES string of the molecule is COc1cccc(N2C[C@@H](NC(=O)NCC[NH+](C)C)CC2=O)c1. The van der Waals surface area contributed by atoms with Crippen LogP contribution in [0.5, 0.6) is 5.75 Å². The molecule has 3 amide bonds. The summed E-state index contributed by atoms with van der Waals surface area (Å²) in [6, 6.07) is 6.96. The quantitative estimate of drug-likeness (QED) is 0.645. The number of nitrogens with zero attached hydrogens (tertiary/aromatic N) is 1. The van der Waals surface area contributed by atoms with Gasteiger partial charge < -0.3 is 25.2 Å². The summed E-state index contributed by atoms with van der Waals surface area (Å²) in [4.78, 5) is 27.0. The Bertz CT molecular complexity index is 562. The Labute approximate surface area is 136 Å². The molecule has 23 heavy (non-hydrogen) atoms. The molecule has 0 aromatic heterocycles. The lowest BCUT2D eigenvalue weighted by molar-refractivity contribution is -0.856. The van der Waals surface area contributed by atoms with E-state index in [1.165, 1.54) is 4.90 Å². The first-order valence-electron chi connectivity index (χ1n) is 7.77. The van der Waals surface area contributed by atoms with Crippen LogP contribution in [0, 0.1) is 0 Å². The summed E-state index contributed by atoms with van der Waals surface area (Å²) in [6.07, 6.45) is 0.309. The van der Waals surface area contributed by atoms with Gasteiger partial charge in [0.25, 0.3) is 0 Å². The van der Waals surface area contributed by atoms with Crippen molar-refractivity contribution in [2.75, 3.05) is 45.7 Å². The topological polar surface area (TPSA) is 75.1 Å². The largest absolute Gasteiger partial charge is 0.497 e. The van der Waals surface area contributed by atoms with Crippen LogP contribution in [-0.2, 0) is 4.79 Å². The summed E-state index contributed by atoms with van der Waals surface area (Å²) in [7, 11) is 5.65. The third-order valence-corrected chi connectivity index (χ3v) is 3.74. The van der Waals surface area contributed by atoms with Crippen LogP contribution in [0.3, 0.4) is 0 Å². The number of hydrogen-bond donors (Lipinski definition) is 3. The number of likely N-dealkylation sites (N-methyl/N-ethyl adjacent to an activating group) is 1. The molecule has 1 fully saturated rings. The molecule has 1 aromatic rings. The molecule has 2 rings (SSSR count). The van der Waals surface area contributed by atoms with Crippen molar-refractivity contribution in [1.82, 2.24) is 10.6 Å². The number of urea groups is 1. The third-order valence-electron chi connectivity index (χ3n) is 3.74. The van der Waals surface area contributed by atoms with Gasteiger partial charge in [-0.15, -0.1) is 0 Å². The van der Waals surface area contributed by atoms with Gasteiger partial charge >= 0.3 is 6.03 Å². The van der Waals surface area contributed by atoms with Crippen molar-refractivity contribution in [1.29, 1.82) is 0 Å². The average molecular weight is 321 g/mol. The van der Waals surface area contributed by atoms with Gasteiger partial charge in [0.1, 0.15) is 5.75 Å². The number of ether oxygens (including phenoxy) is 1. The molecule has 3 N–H and O–H groups in total. The van der Waals surface area contributed by atoms with Gasteiger partial charge in [0.05, 0.1) is 40.3 Å². The van der Waals surface area contributed by atoms with Crippen LogP contribution in [0.4, 0.5) is 10.5 Å². The molecule has 7 nitrogen and oxygen atoms in total. The number of methoxy groups -OCH3 is 1. The Morgan fingerprint density at radius 2 is 2.22 bits per heavy atom. The molecular weight excluding hydrogens is 296 g/mol. The molecule has 1 atom stereocenters. The van der Waals surface area contributed by atoms with Crippen LogP contribution < -0.4 is 25.2 Å². The Kier molecular flexibility index (Phi) is 5.81. The van der Waals surface area contributed by atoms with E-state index in [9.17, 15) is 9.59 Å². The molecule has 1 saturated heterocycles. The van der Waals surface area contributed by atoms with E-state index >= 15 is 0 Å². The first-order chi connectivity index (χ1) is 11.0. The molecule has 0 saturated carbocycles. The maximum atomic E-state index is 12.2. The van der Waals surface area contributed by atoms with Gasteiger partial charge in [-0.2, -0.15) is 0 Å². The van der Waals surface area contributed by atoms with Gasteiger partial charge in [0.2, 0.25) is 5.91 Å². The number of carbonyl (C=O) groups is 2. The van der Waals surface area contributed by atoms with E-state index in [4.69, 9.17) is 4.74 Å². The molecule has 0 bridgehead atoms. The van der Waals surface area contributed by atoms with Gasteiger partial charge in [0, 0.05) is 24.7 Å². The highest BCUT2D eigenvalue weighted by molar-refractivity contribution is 5.97. The fraction of sp³-hybridized carbons (Fsp3) is 0.500. The minimum absolute atomic E-state index is 0.00119. The van der Waals surface area contributed by atoms with E-state index in [-0.39, 0.29) is 18.0 Å². The van der Waals surface area contributed by atoms with Crippen molar-refractivity contribution >= 4 is 17.6 Å². The number of hydrogen-bond acceptors (Lipinski definition) is 3. The zero-order valence-corrected chi connectivity index (χ0v) is 13.9. The second-order valence-corrected chi connectivity index (χ2v) is 5.96. The third kappa shape index (κ3) is 4.85. The molecule has 0 radical (unpaired) electrons. The fourth-order valence-corrected chi connectivity index (χ4v) is 2.49. The molecule has 0 unspecified atom stereocenters. The minimum atomic E-state index is -0.225. The number of anilines is 1. The van der Waals surface area contributed by atoms with Crippen LogP contribution in [0.2, 0.25) is 0 Å². The van der Waals surface area contributed by atoms with Crippen LogP contribution in [0.1, 0.15) is 6.42 Å². The maximum absolute atomic E-state index is 12.2. The van der Waals surface area contributed by atoms with Gasteiger partial charge in [-0.1, -0.05) is 6.07 Å². The molecule has 0 aliphatic carbocycles. The van der Waals surface area contributed by atoms with E-state index in [2.05, 4.69) is 10.6 Å². The second kappa shape index (κ2) is 7.82. The van der Waals surface area contributed by atoms with E-state index in [1.54, 1.807) is 12.0 Å². The molecule has 126 valence electrons. The Morgan fingerprint density at radius 1 is 1.43 bits per heavy atom. The van der Waals surface area contributed by atoms with Crippen LogP contribution in [0.25, 0.3) is 0 Å². The molecule has 7 heteroatoms. The van der Waals surface area contributed by atoms with Gasteiger partial charge in [0.15, 0.2) is 0 Å². The highest BCUT2D eigenvalue weighted by Gasteiger charge is 2.31. The predicted octanol–water partition coefficient (Wildman–Crippen LogP) is -0.756. The van der Waals surface area contributed by atoms with Crippen molar-refractivity contribution in [2.24, 2.45) is 0 Å². The molecule has 1 aliphatic rings. The standard InChI is InChI=1S/C16H24N4O3/c1-19(2)8-7-17-16(22)18-12-9-15(21)20(11-12)13-5-4-6-14(10-13)23-3/h4-6,10,12H,7-9,11H2,1-3H3,(H2,17,18,22)/p+1/t12-/m0/s1. The Morgan fingerprint density at radius 3 is 2.91 bits per heavy atom. The molecule has 1 heterocycles. The van der Waals surface area contributed by atoms with E-state index < -0.39 is 0 Å². The lowest BCUT2D eigenvalue weighted by Gasteiger charge is -2.18. The number of benzene rings is 1. The zero-order valence-electron chi connectivity index (χ0n) is 13.9. The summed E-state index contributed by atoms with van der Waals surface area (Å²) in [5, 5.41) is 5.67. The molecular formula is C16H25N4O3+. The van der Waals surface area contributed by atoms with Crippen LogP contribution >= 0.6 is 0 Å². The monoisotopic (exact) mass is 321 g/mol. The van der Waals surface area contributed by atoms with Gasteiger partial charge in [-0.05, 0) is 12.1 Å². The lowest BCUT2D eigenvalue weighted by Crippen LogP contribution is -3.06. The summed E-state index contributed by atoms with van der Waals surface area (Å²) < 4.78 is 5.18. The Balaban J connectivity index is 1.88. The van der Waals surface area contributed by atoms with Crippen LogP contribution in [0.15, 0.2) is 24.3 Å². The summed E-state index contributed by atoms with van der Waals surface area (Å²) >= 11 is 0. The molecule has 1 aromatic carbocycles. The van der Waals surface area contributed by atoms with Gasteiger partial charge in [-0.3, -0.25) is 4.79 Å². The van der Waals surface area contributed by atoms with Crippen LogP contribution in [-0.4, -0.2) is 58.8 Å². The highest BCUT2D eigenvalue weighted by atomic mass is 16.5. The lowest BCUT2D eigenvalue weighted by atomic mass is 10.2. The smallest absolute Gasteiger partial charge is 0.315 e. The van der Waals surface area contributed by atoms with E-state index in [1.807, 2.05) is 38.4 Å². The summed E-state index contributed by atoms with van der Waals surface area (Å²) in [6.45, 7) is 1.93. The summed E-state index contributed by atoms with van der Waals surface area (Å²) in [5.41, 5.74) is 0.787. The van der Waals surface area contributed by atoms with Crippen molar-refractivity contribution in [2.45, 2.75) is 12.5 Å². The predicted molar refractivity (Wildman–Crippen MR) is 88.0 cm³/mol. The van der Waals surface area contributed by atoms with Crippen molar-refractivity contribution in [3.63, 3.8) is 0 Å².